The average molecular weight is 631 g/mol. The van der Waals surface area contributed by atoms with Gasteiger partial charge in [0.05, 0.1) is 11.9 Å². The highest BCUT2D eigenvalue weighted by atomic mass is 35.5. The molecular formula is C32H37Cl2N3O4S. The van der Waals surface area contributed by atoms with Crippen LogP contribution in [0.1, 0.15) is 47.9 Å². The van der Waals surface area contributed by atoms with Gasteiger partial charge >= 0.3 is 0 Å². The Balaban J connectivity index is 1.77. The van der Waals surface area contributed by atoms with E-state index >= 15 is 0 Å². The number of hydrogen-bond acceptors (Lipinski definition) is 4. The van der Waals surface area contributed by atoms with E-state index in [-0.39, 0.29) is 24.9 Å². The third kappa shape index (κ3) is 8.06. The molecule has 1 atom stereocenters. The minimum absolute atomic E-state index is 0.0275. The highest BCUT2D eigenvalue weighted by molar-refractivity contribution is 7.92. The SMILES string of the molecule is Cc1ccc(N(CC(=O)N(Cc2c(Cl)cccc2Cl)C(Cc2ccccc2)C(=O)NC2CCCC2)S(C)(=O)=O)cc1C. The van der Waals surface area contributed by atoms with Gasteiger partial charge in [0.2, 0.25) is 21.8 Å². The molecule has 0 spiro atoms. The van der Waals surface area contributed by atoms with Crippen LogP contribution < -0.4 is 9.62 Å². The van der Waals surface area contributed by atoms with Crippen molar-refractivity contribution in [2.45, 2.75) is 64.6 Å². The molecular weight excluding hydrogens is 593 g/mol. The number of anilines is 1. The van der Waals surface area contributed by atoms with Crippen molar-refractivity contribution in [1.29, 1.82) is 0 Å². The largest absolute Gasteiger partial charge is 0.352 e. The highest BCUT2D eigenvalue weighted by Crippen LogP contribution is 2.29. The summed E-state index contributed by atoms with van der Waals surface area (Å²) in [5.41, 5.74) is 3.62. The number of rotatable bonds is 11. The van der Waals surface area contributed by atoms with Crippen LogP contribution in [0.15, 0.2) is 66.7 Å². The average Bonchev–Trinajstić information content (AvgIpc) is 3.45. The fraction of sp³-hybridized carbons (Fsp3) is 0.375. The van der Waals surface area contributed by atoms with Crippen LogP contribution in [0.5, 0.6) is 0 Å². The molecule has 1 aliphatic rings. The Labute approximate surface area is 258 Å². The zero-order chi connectivity index (χ0) is 30.4. The van der Waals surface area contributed by atoms with E-state index in [1.54, 1.807) is 30.3 Å². The molecule has 0 heterocycles. The molecule has 1 aliphatic carbocycles. The first-order valence-corrected chi connectivity index (χ1v) is 16.7. The zero-order valence-corrected chi connectivity index (χ0v) is 26.5. The third-order valence-electron chi connectivity index (χ3n) is 7.82. The van der Waals surface area contributed by atoms with Gasteiger partial charge in [-0.05, 0) is 67.6 Å². The minimum atomic E-state index is -3.86. The van der Waals surface area contributed by atoms with Gasteiger partial charge in [-0.2, -0.15) is 0 Å². The Kier molecular flexibility index (Phi) is 10.6. The third-order valence-corrected chi connectivity index (χ3v) is 9.67. The summed E-state index contributed by atoms with van der Waals surface area (Å²) in [7, 11) is -3.86. The lowest BCUT2D eigenvalue weighted by Gasteiger charge is -2.34. The maximum atomic E-state index is 14.3. The molecule has 4 rings (SSSR count). The number of halogens is 2. The molecule has 42 heavy (non-hydrogen) atoms. The van der Waals surface area contributed by atoms with Crippen molar-refractivity contribution in [3.8, 4) is 0 Å². The maximum Gasteiger partial charge on any atom is 0.244 e. The van der Waals surface area contributed by atoms with Gasteiger partial charge < -0.3 is 10.2 Å². The molecule has 3 aromatic carbocycles. The van der Waals surface area contributed by atoms with Crippen molar-refractivity contribution in [3.05, 3.63) is 99.0 Å². The fourth-order valence-corrected chi connectivity index (χ4v) is 6.63. The van der Waals surface area contributed by atoms with E-state index in [9.17, 15) is 18.0 Å². The van der Waals surface area contributed by atoms with Gasteiger partial charge in [0.15, 0.2) is 0 Å². The number of amides is 2. The number of sulfonamides is 1. The van der Waals surface area contributed by atoms with Crippen LogP contribution in [-0.4, -0.2) is 50.0 Å². The number of benzene rings is 3. The van der Waals surface area contributed by atoms with Crippen LogP contribution in [0.3, 0.4) is 0 Å². The number of carbonyl (C=O) groups is 2. The number of aryl methyl sites for hydroxylation is 2. The first-order chi connectivity index (χ1) is 19.9. The van der Waals surface area contributed by atoms with Crippen molar-refractivity contribution in [2.24, 2.45) is 0 Å². The molecule has 10 heteroatoms. The van der Waals surface area contributed by atoms with E-state index in [1.165, 1.54) is 4.90 Å². The topological polar surface area (TPSA) is 86.8 Å². The highest BCUT2D eigenvalue weighted by Gasteiger charge is 2.35. The molecule has 224 valence electrons. The molecule has 1 fully saturated rings. The van der Waals surface area contributed by atoms with Crippen LogP contribution in [0.25, 0.3) is 0 Å². The van der Waals surface area contributed by atoms with E-state index in [4.69, 9.17) is 23.2 Å². The standard InChI is InChI=1S/C32H37Cl2N3O4S/c1-22-16-17-26(18-23(22)2)37(42(3,40)41)21-31(38)36(20-27-28(33)14-9-15-29(27)34)30(19-24-10-5-4-6-11-24)32(39)35-25-12-7-8-13-25/h4-6,9-11,14-18,25,30H,7-8,12-13,19-21H2,1-3H3,(H,35,39). The Morgan fingerprint density at radius 1 is 0.929 bits per heavy atom. The predicted octanol–water partition coefficient (Wildman–Crippen LogP) is 6.08. The second-order valence-electron chi connectivity index (χ2n) is 11.0. The van der Waals surface area contributed by atoms with Gasteiger partial charge in [-0.3, -0.25) is 13.9 Å². The van der Waals surface area contributed by atoms with Crippen LogP contribution in [0.2, 0.25) is 10.0 Å². The van der Waals surface area contributed by atoms with Crippen molar-refractivity contribution in [3.63, 3.8) is 0 Å². The number of nitrogens with zero attached hydrogens (tertiary/aromatic N) is 2. The molecule has 3 aromatic rings. The van der Waals surface area contributed by atoms with Crippen molar-refractivity contribution in [2.75, 3.05) is 17.1 Å². The zero-order valence-electron chi connectivity index (χ0n) is 24.1. The second-order valence-corrected chi connectivity index (χ2v) is 13.7. The molecule has 2 amide bonds. The fourth-order valence-electron chi connectivity index (χ4n) is 5.27. The molecule has 0 radical (unpaired) electrons. The lowest BCUT2D eigenvalue weighted by Crippen LogP contribution is -2.54. The van der Waals surface area contributed by atoms with Gasteiger partial charge in [-0.25, -0.2) is 8.42 Å². The Morgan fingerprint density at radius 2 is 1.57 bits per heavy atom. The number of carbonyl (C=O) groups excluding carboxylic acids is 2. The Hall–Kier alpha value is -3.07. The Bertz CT molecular complexity index is 1510. The van der Waals surface area contributed by atoms with E-state index in [2.05, 4.69) is 5.32 Å². The smallest absolute Gasteiger partial charge is 0.244 e. The summed E-state index contributed by atoms with van der Waals surface area (Å²) < 4.78 is 27.1. The molecule has 0 bridgehead atoms. The summed E-state index contributed by atoms with van der Waals surface area (Å²) in [6.45, 7) is 3.25. The molecule has 1 unspecified atom stereocenters. The molecule has 0 aromatic heterocycles. The summed E-state index contributed by atoms with van der Waals surface area (Å²) in [6.07, 6.45) is 5.12. The maximum absolute atomic E-state index is 14.3. The lowest BCUT2D eigenvalue weighted by atomic mass is 10.0. The first kappa shape index (κ1) is 31.9. The predicted molar refractivity (Wildman–Crippen MR) is 169 cm³/mol. The van der Waals surface area contributed by atoms with Gasteiger partial charge in [-0.15, -0.1) is 0 Å². The summed E-state index contributed by atoms with van der Waals surface area (Å²) in [4.78, 5) is 29.6. The molecule has 1 N–H and O–H groups in total. The summed E-state index contributed by atoms with van der Waals surface area (Å²) in [6, 6.07) is 18.8. The normalized spacial score (nSPS) is 14.4. The summed E-state index contributed by atoms with van der Waals surface area (Å²) in [5.74, 6) is -0.837. The van der Waals surface area contributed by atoms with E-state index < -0.39 is 28.5 Å². The summed E-state index contributed by atoms with van der Waals surface area (Å²) in [5, 5.41) is 3.85. The molecule has 1 saturated carbocycles. The molecule has 7 nitrogen and oxygen atoms in total. The van der Waals surface area contributed by atoms with Gasteiger partial charge in [0.25, 0.3) is 0 Å². The first-order valence-electron chi connectivity index (χ1n) is 14.1. The van der Waals surface area contributed by atoms with Gasteiger partial charge in [0.1, 0.15) is 12.6 Å². The lowest BCUT2D eigenvalue weighted by molar-refractivity contribution is -0.140. The molecule has 0 aliphatic heterocycles. The molecule has 0 saturated heterocycles. The van der Waals surface area contributed by atoms with Gasteiger partial charge in [-0.1, -0.05) is 78.5 Å². The van der Waals surface area contributed by atoms with Crippen LogP contribution in [0.4, 0.5) is 5.69 Å². The van der Waals surface area contributed by atoms with E-state index in [0.717, 1.165) is 52.9 Å². The minimum Gasteiger partial charge on any atom is -0.352 e. The van der Waals surface area contributed by atoms with Crippen molar-refractivity contribution < 1.29 is 18.0 Å². The van der Waals surface area contributed by atoms with Crippen LogP contribution >= 0.6 is 23.2 Å². The number of hydrogen-bond donors (Lipinski definition) is 1. The van der Waals surface area contributed by atoms with Crippen molar-refractivity contribution in [1.82, 2.24) is 10.2 Å². The Morgan fingerprint density at radius 3 is 2.17 bits per heavy atom. The quantitative estimate of drug-likeness (QED) is 0.279. The second kappa shape index (κ2) is 13.9. The van der Waals surface area contributed by atoms with Crippen LogP contribution in [-0.2, 0) is 32.6 Å². The van der Waals surface area contributed by atoms with Crippen molar-refractivity contribution >= 4 is 50.7 Å². The van der Waals surface area contributed by atoms with Gasteiger partial charge in [0, 0.05) is 34.6 Å². The van der Waals surface area contributed by atoms with E-state index in [0.29, 0.717) is 21.3 Å². The monoisotopic (exact) mass is 629 g/mol. The van der Waals surface area contributed by atoms with Crippen LogP contribution in [0, 0.1) is 13.8 Å². The summed E-state index contributed by atoms with van der Waals surface area (Å²) >= 11 is 13.1. The van der Waals surface area contributed by atoms with E-state index in [1.807, 2.05) is 50.2 Å². The number of nitrogens with one attached hydrogen (secondary N) is 1.